The maximum Gasteiger partial charge on any atom is 0.306 e. The molecule has 0 spiro atoms. The van der Waals surface area contributed by atoms with E-state index in [1.807, 2.05) is 33.3 Å². The molecule has 1 N–H and O–H groups in total. The zero-order valence-electron chi connectivity index (χ0n) is 56.7. The third kappa shape index (κ3) is 65.1. The molecule has 0 aliphatic rings. The fourth-order valence-electron chi connectivity index (χ4n) is 9.90. The Morgan fingerprint density at radius 3 is 1.08 bits per heavy atom. The number of likely N-dealkylation sites (N-methyl/N-ethyl adjacent to an activating group) is 1. The summed E-state index contributed by atoms with van der Waals surface area (Å²) in [7, 11) is 1.16. The fraction of sp³-hybridized carbons (Fsp3) is 0.737. The molecule has 0 radical (unpaired) electrons. The van der Waals surface area contributed by atoms with Crippen molar-refractivity contribution in [2.75, 3.05) is 40.9 Å². The van der Waals surface area contributed by atoms with E-state index in [0.29, 0.717) is 17.4 Å². The van der Waals surface area contributed by atoms with Crippen molar-refractivity contribution in [2.24, 2.45) is 0 Å². The SMILES string of the molecule is CCCCC/C=C\C/C=C\C/C=C\C/C=C\CCCCCCCCCCCC(=O)OC(/C=C/CCCCCCCCCCCC)C(COP(=O)([O-])OCC[N+](C)(C)C)NC(=O)CCCCCCCCC/C=C\C/C=C\C/C=C\C/C=C\CCCCC. The summed E-state index contributed by atoms with van der Waals surface area (Å²) < 4.78 is 30.4. The number of amides is 1. The van der Waals surface area contributed by atoms with E-state index < -0.39 is 26.6 Å². The van der Waals surface area contributed by atoms with Crippen LogP contribution in [0.15, 0.2) is 109 Å². The molecule has 10 heteroatoms. The Labute approximate surface area is 531 Å². The smallest absolute Gasteiger partial charge is 0.306 e. The second kappa shape index (κ2) is 64.6. The summed E-state index contributed by atoms with van der Waals surface area (Å²) in [6.07, 6.45) is 89.1. The van der Waals surface area contributed by atoms with Gasteiger partial charge in [-0.1, -0.05) is 285 Å². The summed E-state index contributed by atoms with van der Waals surface area (Å²) >= 11 is 0. The van der Waals surface area contributed by atoms with Gasteiger partial charge in [0.1, 0.15) is 19.3 Å². The molecule has 0 aliphatic carbocycles. The number of phosphoric acid groups is 1. The van der Waals surface area contributed by atoms with Crippen LogP contribution in [-0.2, 0) is 27.9 Å². The van der Waals surface area contributed by atoms with E-state index >= 15 is 0 Å². The van der Waals surface area contributed by atoms with E-state index in [2.05, 4.69) is 123 Å². The van der Waals surface area contributed by atoms with Gasteiger partial charge in [0.2, 0.25) is 5.91 Å². The number of nitrogens with one attached hydrogen (secondary N) is 1. The first-order valence-electron chi connectivity index (χ1n) is 35.7. The zero-order chi connectivity index (χ0) is 62.8. The second-order valence-corrected chi connectivity index (χ2v) is 26.4. The molecule has 0 saturated carbocycles. The first kappa shape index (κ1) is 82.7. The second-order valence-electron chi connectivity index (χ2n) is 25.0. The Morgan fingerprint density at radius 2 is 0.709 bits per heavy atom. The lowest BCUT2D eigenvalue weighted by Crippen LogP contribution is -2.47. The van der Waals surface area contributed by atoms with Gasteiger partial charge in [0, 0.05) is 12.8 Å². The number of carbonyl (C=O) groups excluding carboxylic acids is 2. The number of nitrogens with zero attached hydrogens (tertiary/aromatic N) is 1. The first-order valence-corrected chi connectivity index (χ1v) is 37.2. The van der Waals surface area contributed by atoms with Crippen LogP contribution in [-0.4, -0.2) is 69.4 Å². The van der Waals surface area contributed by atoms with Gasteiger partial charge in [-0.2, -0.15) is 0 Å². The van der Waals surface area contributed by atoms with Crippen molar-refractivity contribution in [3.63, 3.8) is 0 Å². The molecule has 0 saturated heterocycles. The van der Waals surface area contributed by atoms with Gasteiger partial charge < -0.3 is 28.5 Å². The van der Waals surface area contributed by atoms with Crippen LogP contribution < -0.4 is 10.2 Å². The number of ether oxygens (including phenoxy) is 1. The van der Waals surface area contributed by atoms with Gasteiger partial charge in [-0.05, 0) is 122 Å². The molecule has 0 bridgehead atoms. The highest BCUT2D eigenvalue weighted by Gasteiger charge is 2.27. The van der Waals surface area contributed by atoms with Crippen LogP contribution in [0.4, 0.5) is 0 Å². The van der Waals surface area contributed by atoms with Gasteiger partial charge >= 0.3 is 5.97 Å². The van der Waals surface area contributed by atoms with Crippen molar-refractivity contribution in [3.05, 3.63) is 109 Å². The van der Waals surface area contributed by atoms with E-state index in [1.54, 1.807) is 0 Å². The highest BCUT2D eigenvalue weighted by molar-refractivity contribution is 7.45. The molecule has 0 aromatic rings. The van der Waals surface area contributed by atoms with E-state index in [1.165, 1.54) is 154 Å². The Bertz CT molecular complexity index is 1840. The average Bonchev–Trinajstić information content (AvgIpc) is 3.65. The van der Waals surface area contributed by atoms with Gasteiger partial charge in [0.15, 0.2) is 0 Å². The van der Waals surface area contributed by atoms with Gasteiger partial charge in [-0.3, -0.25) is 14.2 Å². The van der Waals surface area contributed by atoms with E-state index in [4.69, 9.17) is 13.8 Å². The molecular weight excluding hydrogens is 1080 g/mol. The quantitative estimate of drug-likeness (QED) is 0.0212. The lowest BCUT2D eigenvalue weighted by atomic mass is 10.0. The molecule has 0 heterocycles. The summed E-state index contributed by atoms with van der Waals surface area (Å²) in [5, 5.41) is 3.03. The molecule has 0 aromatic carbocycles. The predicted octanol–water partition coefficient (Wildman–Crippen LogP) is 22.2. The molecule has 0 fully saturated rings. The Kier molecular flexibility index (Phi) is 62.1. The summed E-state index contributed by atoms with van der Waals surface area (Å²) in [4.78, 5) is 40.2. The van der Waals surface area contributed by atoms with Crippen molar-refractivity contribution in [1.29, 1.82) is 0 Å². The number of allylic oxidation sites excluding steroid dienone is 17. The normalized spacial score (nSPS) is 14.2. The van der Waals surface area contributed by atoms with Crippen molar-refractivity contribution in [3.8, 4) is 0 Å². The molecule has 86 heavy (non-hydrogen) atoms. The minimum Gasteiger partial charge on any atom is -0.756 e. The Morgan fingerprint density at radius 1 is 0.407 bits per heavy atom. The molecule has 0 aliphatic heterocycles. The van der Waals surface area contributed by atoms with Gasteiger partial charge in [-0.15, -0.1) is 0 Å². The zero-order valence-corrected chi connectivity index (χ0v) is 57.6. The number of phosphoric ester groups is 1. The summed E-state index contributed by atoms with van der Waals surface area (Å²) in [6, 6.07) is -0.905. The highest BCUT2D eigenvalue weighted by Crippen LogP contribution is 2.38. The monoisotopic (exact) mass is 1220 g/mol. The van der Waals surface area contributed by atoms with Crippen LogP contribution in [0.3, 0.4) is 0 Å². The van der Waals surface area contributed by atoms with E-state index in [-0.39, 0.29) is 24.9 Å². The Hall–Kier alpha value is -3.33. The number of hydrogen-bond acceptors (Lipinski definition) is 7. The number of unbranched alkanes of at least 4 members (excludes halogenated alkanes) is 32. The van der Waals surface area contributed by atoms with Gasteiger partial charge in [0.05, 0.1) is 33.8 Å². The van der Waals surface area contributed by atoms with Crippen LogP contribution in [0.5, 0.6) is 0 Å². The van der Waals surface area contributed by atoms with Crippen LogP contribution in [0.2, 0.25) is 0 Å². The molecule has 496 valence electrons. The highest BCUT2D eigenvalue weighted by atomic mass is 31.2. The number of hydrogen-bond donors (Lipinski definition) is 1. The van der Waals surface area contributed by atoms with Gasteiger partial charge in [-0.25, -0.2) is 0 Å². The van der Waals surface area contributed by atoms with Crippen LogP contribution >= 0.6 is 7.82 Å². The van der Waals surface area contributed by atoms with E-state index in [0.717, 1.165) is 122 Å². The molecule has 0 rings (SSSR count). The largest absolute Gasteiger partial charge is 0.756 e. The van der Waals surface area contributed by atoms with Crippen LogP contribution in [0.25, 0.3) is 0 Å². The standard InChI is InChI=1S/C76H135N2O7P/c1-7-10-13-16-19-22-25-28-30-32-34-36-38-39-41-43-45-47-49-51-54-57-60-63-66-69-76(80)85-74(67-64-61-58-55-52-27-24-21-18-15-12-9-3)73(72-84-86(81,82)83-71-70-78(4,5)6)77-75(79)68-65-62-59-56-53-50-48-46-44-42-40-37-35-33-31-29-26-23-20-17-14-11-8-2/h19-20,22-23,28-31,34-37,39,41-42,44,64,67,73-74H,7-18,21,24-27,32-33,38,40,43,45-63,65-66,68-72H2,1-6H3,(H-,77,79,81,82)/b22-19-,23-20-,30-28-,31-29-,36-34-,37-35-,41-39-,44-42-,67-64+. The molecule has 3 atom stereocenters. The molecule has 1 amide bonds. The fourth-order valence-corrected chi connectivity index (χ4v) is 10.6. The maximum absolute atomic E-state index is 13.6. The minimum absolute atomic E-state index is 0.0306. The third-order valence-corrected chi connectivity index (χ3v) is 16.4. The number of carbonyl (C=O) groups is 2. The lowest BCUT2D eigenvalue weighted by molar-refractivity contribution is -0.870. The maximum atomic E-state index is 13.6. The van der Waals surface area contributed by atoms with Crippen LogP contribution in [0, 0.1) is 0 Å². The summed E-state index contributed by atoms with van der Waals surface area (Å²) in [6.45, 7) is 6.79. The van der Waals surface area contributed by atoms with Crippen molar-refractivity contribution in [2.45, 2.75) is 322 Å². The molecule has 3 unspecified atom stereocenters. The average molecular weight is 1220 g/mol. The predicted molar refractivity (Wildman–Crippen MR) is 371 cm³/mol. The topological polar surface area (TPSA) is 114 Å². The van der Waals surface area contributed by atoms with Crippen molar-refractivity contribution >= 4 is 19.7 Å². The Balaban J connectivity index is 5.13. The van der Waals surface area contributed by atoms with Crippen molar-refractivity contribution in [1.82, 2.24) is 5.32 Å². The first-order chi connectivity index (χ1) is 41.9. The number of rotatable bonds is 64. The van der Waals surface area contributed by atoms with Crippen LogP contribution in [0.1, 0.15) is 310 Å². The number of quaternary nitrogens is 1. The van der Waals surface area contributed by atoms with Crippen molar-refractivity contribution < 1.29 is 37.3 Å². The molecule has 0 aromatic heterocycles. The van der Waals surface area contributed by atoms with E-state index in [9.17, 15) is 19.0 Å². The third-order valence-electron chi connectivity index (χ3n) is 15.4. The summed E-state index contributed by atoms with van der Waals surface area (Å²) in [5.74, 6) is -0.560. The summed E-state index contributed by atoms with van der Waals surface area (Å²) in [5.41, 5.74) is 0. The number of esters is 1. The van der Waals surface area contributed by atoms with Gasteiger partial charge in [0.25, 0.3) is 7.82 Å². The lowest BCUT2D eigenvalue weighted by Gasteiger charge is -2.30. The molecular formula is C76H135N2O7P. The molecule has 9 nitrogen and oxygen atoms in total. The minimum atomic E-state index is -4.72.